The van der Waals surface area contributed by atoms with Crippen LogP contribution < -0.4 is 0 Å². The van der Waals surface area contributed by atoms with Crippen LogP contribution >= 0.6 is 0 Å². The third kappa shape index (κ3) is 1.95. The Balaban J connectivity index is 2.16. The fraction of sp³-hybridized carbons (Fsp3) is 0.846. The molecule has 2 aliphatic heterocycles. The summed E-state index contributed by atoms with van der Waals surface area (Å²) in [7, 11) is 1.37. The lowest BCUT2D eigenvalue weighted by Crippen LogP contribution is -2.74. The van der Waals surface area contributed by atoms with Crippen molar-refractivity contribution < 1.29 is 19.1 Å². The minimum atomic E-state index is -0.764. The quantitative estimate of drug-likeness (QED) is 0.673. The molecule has 18 heavy (non-hydrogen) atoms. The lowest BCUT2D eigenvalue weighted by Gasteiger charge is -2.59. The number of methoxy groups -OCH3 is 1. The zero-order valence-corrected chi connectivity index (χ0v) is 11.5. The molecule has 1 aliphatic carbocycles. The molecular formula is C13H21NO4. The number of hydrogen-bond acceptors (Lipinski definition) is 4. The monoisotopic (exact) mass is 255 g/mol. The lowest BCUT2D eigenvalue weighted by atomic mass is 9.68. The average molecular weight is 255 g/mol. The number of carbonyl (C=O) groups is 2. The number of piperidine rings is 1. The molecule has 2 heterocycles. The first-order chi connectivity index (χ1) is 8.30. The second-order valence-corrected chi connectivity index (χ2v) is 6.12. The maximum absolute atomic E-state index is 12.2. The minimum absolute atomic E-state index is 0.132. The van der Waals surface area contributed by atoms with Gasteiger partial charge in [-0.1, -0.05) is 0 Å². The normalized spacial score (nSPS) is 30.4. The topological polar surface area (TPSA) is 55.8 Å². The number of hydrogen-bond donors (Lipinski definition) is 0. The van der Waals surface area contributed by atoms with Gasteiger partial charge in [-0.3, -0.25) is 4.90 Å². The maximum Gasteiger partial charge on any atom is 0.411 e. The summed E-state index contributed by atoms with van der Waals surface area (Å²) < 4.78 is 10.2. The highest BCUT2D eigenvalue weighted by Gasteiger charge is 2.62. The Morgan fingerprint density at radius 1 is 1.33 bits per heavy atom. The Morgan fingerprint density at radius 2 is 2.00 bits per heavy atom. The predicted molar refractivity (Wildman–Crippen MR) is 65.1 cm³/mol. The van der Waals surface area contributed by atoms with Crippen molar-refractivity contribution in [2.24, 2.45) is 0 Å². The Kier molecular flexibility index (Phi) is 3.03. The van der Waals surface area contributed by atoms with Gasteiger partial charge in [0.15, 0.2) is 0 Å². The first-order valence-electron chi connectivity index (χ1n) is 6.41. The van der Waals surface area contributed by atoms with Gasteiger partial charge < -0.3 is 9.47 Å². The van der Waals surface area contributed by atoms with E-state index in [4.69, 9.17) is 9.47 Å². The van der Waals surface area contributed by atoms with Crippen LogP contribution in [0.3, 0.4) is 0 Å². The highest BCUT2D eigenvalue weighted by atomic mass is 16.6. The number of rotatable bonds is 1. The van der Waals surface area contributed by atoms with Gasteiger partial charge in [-0.25, -0.2) is 9.59 Å². The molecule has 2 atom stereocenters. The van der Waals surface area contributed by atoms with E-state index in [0.717, 1.165) is 12.8 Å². The third-order valence-corrected chi connectivity index (χ3v) is 3.68. The molecule has 0 aromatic rings. The zero-order chi connectivity index (χ0) is 13.6. The first kappa shape index (κ1) is 13.2. The molecule has 102 valence electrons. The summed E-state index contributed by atoms with van der Waals surface area (Å²) in [4.78, 5) is 25.7. The van der Waals surface area contributed by atoms with Crippen LogP contribution in [0.1, 0.15) is 46.5 Å². The van der Waals surface area contributed by atoms with Crippen molar-refractivity contribution in [3.63, 3.8) is 0 Å². The highest BCUT2D eigenvalue weighted by Crippen LogP contribution is 2.48. The molecule has 3 rings (SSSR count). The molecule has 3 fully saturated rings. The molecular weight excluding hydrogens is 234 g/mol. The van der Waals surface area contributed by atoms with Gasteiger partial charge in [-0.2, -0.15) is 0 Å². The number of amides is 1. The number of carbonyl (C=O) groups excluding carboxylic acids is 2. The van der Waals surface area contributed by atoms with Crippen LogP contribution in [0.25, 0.3) is 0 Å². The van der Waals surface area contributed by atoms with Gasteiger partial charge in [0.1, 0.15) is 11.1 Å². The minimum Gasteiger partial charge on any atom is -0.467 e. The van der Waals surface area contributed by atoms with Crippen molar-refractivity contribution in [3.8, 4) is 0 Å². The maximum atomic E-state index is 12.2. The van der Waals surface area contributed by atoms with E-state index in [1.54, 1.807) is 4.90 Å². The van der Waals surface area contributed by atoms with Crippen LogP contribution in [0.4, 0.5) is 4.79 Å². The molecule has 0 radical (unpaired) electrons. The summed E-state index contributed by atoms with van der Waals surface area (Å²) in [6, 6.07) is 0.132. The number of esters is 1. The van der Waals surface area contributed by atoms with E-state index in [1.807, 2.05) is 20.8 Å². The van der Waals surface area contributed by atoms with Crippen LogP contribution in [-0.2, 0) is 14.3 Å². The molecule has 0 aromatic heterocycles. The van der Waals surface area contributed by atoms with E-state index in [-0.39, 0.29) is 12.0 Å². The summed E-state index contributed by atoms with van der Waals surface area (Å²) in [5.41, 5.74) is -1.31. The second-order valence-electron chi connectivity index (χ2n) is 6.12. The number of nitrogens with zero attached hydrogens (tertiary/aromatic N) is 1. The molecule has 0 spiro atoms. The molecule has 1 saturated carbocycles. The summed E-state index contributed by atoms with van der Waals surface area (Å²) in [6.07, 6.45) is 2.88. The molecule has 2 bridgehead atoms. The molecule has 3 aliphatic rings. The smallest absolute Gasteiger partial charge is 0.411 e. The first-order valence-corrected chi connectivity index (χ1v) is 6.41. The molecule has 5 nitrogen and oxygen atoms in total. The van der Waals surface area contributed by atoms with Gasteiger partial charge in [0.25, 0.3) is 0 Å². The summed E-state index contributed by atoms with van der Waals surface area (Å²) >= 11 is 0. The second kappa shape index (κ2) is 4.14. The SMILES string of the molecule is COC(=O)C12CCCC(C1)N2C(=O)OC(C)(C)C. The van der Waals surface area contributed by atoms with Gasteiger partial charge in [-0.05, 0) is 40.0 Å². The van der Waals surface area contributed by atoms with Gasteiger partial charge >= 0.3 is 12.1 Å². The fourth-order valence-corrected chi connectivity index (χ4v) is 3.01. The Morgan fingerprint density at radius 3 is 2.50 bits per heavy atom. The Hall–Kier alpha value is -1.26. The van der Waals surface area contributed by atoms with E-state index in [0.29, 0.717) is 12.8 Å². The van der Waals surface area contributed by atoms with Crippen molar-refractivity contribution in [1.82, 2.24) is 4.90 Å². The van der Waals surface area contributed by atoms with Crippen LogP contribution in [0.15, 0.2) is 0 Å². The van der Waals surface area contributed by atoms with Crippen LogP contribution in [0.2, 0.25) is 0 Å². The predicted octanol–water partition coefficient (Wildman–Crippen LogP) is 2.09. The molecule has 0 N–H and O–H groups in total. The standard InChI is InChI=1S/C13H21NO4/c1-12(2,3)18-11(16)14-9-6-5-7-13(14,8-9)10(15)17-4/h9H,5-8H2,1-4H3. The van der Waals surface area contributed by atoms with Crippen LogP contribution in [0.5, 0.6) is 0 Å². The molecule has 1 amide bonds. The van der Waals surface area contributed by atoms with E-state index < -0.39 is 17.2 Å². The largest absolute Gasteiger partial charge is 0.467 e. The van der Waals surface area contributed by atoms with Crippen molar-refractivity contribution in [2.45, 2.75) is 63.6 Å². The fourth-order valence-electron chi connectivity index (χ4n) is 3.01. The van der Waals surface area contributed by atoms with Gasteiger partial charge in [0.05, 0.1) is 7.11 Å². The zero-order valence-electron chi connectivity index (χ0n) is 11.5. The summed E-state index contributed by atoms with van der Waals surface area (Å²) in [5.74, 6) is -0.315. The van der Waals surface area contributed by atoms with Crippen LogP contribution in [-0.4, -0.2) is 41.3 Å². The lowest BCUT2D eigenvalue weighted by molar-refractivity contribution is -0.178. The molecule has 2 unspecified atom stereocenters. The number of fused-ring (bicyclic) bond motifs is 2. The molecule has 2 saturated heterocycles. The number of ether oxygens (including phenoxy) is 2. The van der Waals surface area contributed by atoms with Gasteiger partial charge in [0, 0.05) is 12.5 Å². The van der Waals surface area contributed by atoms with Crippen molar-refractivity contribution in [1.29, 1.82) is 0 Å². The van der Waals surface area contributed by atoms with E-state index >= 15 is 0 Å². The van der Waals surface area contributed by atoms with E-state index in [9.17, 15) is 9.59 Å². The van der Waals surface area contributed by atoms with Crippen molar-refractivity contribution in [2.75, 3.05) is 7.11 Å². The van der Waals surface area contributed by atoms with Gasteiger partial charge in [-0.15, -0.1) is 0 Å². The Bertz CT molecular complexity index is 370. The summed E-state index contributed by atoms with van der Waals surface area (Å²) in [5, 5.41) is 0. The highest BCUT2D eigenvalue weighted by molar-refractivity contribution is 5.88. The summed E-state index contributed by atoms with van der Waals surface area (Å²) in [6.45, 7) is 5.47. The van der Waals surface area contributed by atoms with Crippen molar-refractivity contribution in [3.05, 3.63) is 0 Å². The average Bonchev–Trinajstić information content (AvgIpc) is 2.25. The van der Waals surface area contributed by atoms with E-state index in [1.165, 1.54) is 7.11 Å². The molecule has 0 aromatic carbocycles. The van der Waals surface area contributed by atoms with Gasteiger partial charge in [0.2, 0.25) is 0 Å². The van der Waals surface area contributed by atoms with Crippen LogP contribution in [0, 0.1) is 0 Å². The van der Waals surface area contributed by atoms with Crippen molar-refractivity contribution >= 4 is 12.1 Å². The molecule has 5 heteroatoms. The third-order valence-electron chi connectivity index (χ3n) is 3.68. The Labute approximate surface area is 107 Å². The van der Waals surface area contributed by atoms with E-state index in [2.05, 4.69) is 0 Å².